The average Bonchev–Trinajstić information content (AvgIpc) is 3.76. The number of anilines is 1. The molecule has 0 aromatic carbocycles. The summed E-state index contributed by atoms with van der Waals surface area (Å²) in [6.07, 6.45) is 6.07. The molecule has 0 spiro atoms. The molecule has 2 saturated carbocycles. The van der Waals surface area contributed by atoms with Crippen molar-refractivity contribution in [3.8, 4) is 11.1 Å². The molecule has 0 radical (unpaired) electrons. The summed E-state index contributed by atoms with van der Waals surface area (Å²) in [4.78, 5) is 31.4. The van der Waals surface area contributed by atoms with Crippen LogP contribution in [0.4, 0.5) is 5.82 Å². The van der Waals surface area contributed by atoms with E-state index in [4.69, 9.17) is 0 Å². The van der Waals surface area contributed by atoms with Crippen molar-refractivity contribution in [3.05, 3.63) is 47.2 Å². The predicted octanol–water partition coefficient (Wildman–Crippen LogP) is 3.79. The molecule has 9 nitrogen and oxygen atoms in total. The molecule has 2 aliphatic carbocycles. The number of aromatic nitrogens is 5. The number of hydrogen-bond donors (Lipinski definition) is 3. The third kappa shape index (κ3) is 4.72. The molecule has 0 bridgehead atoms. The minimum absolute atomic E-state index is 0.147. The number of carbonyl (C=O) groups is 2. The molecule has 3 heterocycles. The third-order valence-corrected chi connectivity index (χ3v) is 7.27. The van der Waals surface area contributed by atoms with Gasteiger partial charge in [-0.25, -0.2) is 4.98 Å². The van der Waals surface area contributed by atoms with Gasteiger partial charge in [-0.2, -0.15) is 10.2 Å². The molecule has 2 aliphatic rings. The SMILES string of the molecule is CCn1nccc1C(=O)NC(C(=O)Nc1ccc(-c2c(C)n[nH]c2C)c(C)n1)C(C1CC1)C1CC1. The Morgan fingerprint density at radius 1 is 1.09 bits per heavy atom. The van der Waals surface area contributed by atoms with Gasteiger partial charge in [0.15, 0.2) is 0 Å². The molecule has 35 heavy (non-hydrogen) atoms. The van der Waals surface area contributed by atoms with Gasteiger partial charge < -0.3 is 10.6 Å². The summed E-state index contributed by atoms with van der Waals surface area (Å²) in [5, 5.41) is 17.6. The Labute approximate surface area is 205 Å². The van der Waals surface area contributed by atoms with E-state index in [1.165, 1.54) is 0 Å². The number of H-pyrrole nitrogens is 1. The number of amides is 2. The van der Waals surface area contributed by atoms with Crippen molar-refractivity contribution < 1.29 is 9.59 Å². The highest BCUT2D eigenvalue weighted by atomic mass is 16.2. The lowest BCUT2D eigenvalue weighted by atomic mass is 9.88. The predicted molar refractivity (Wildman–Crippen MR) is 133 cm³/mol. The van der Waals surface area contributed by atoms with Crippen molar-refractivity contribution in [2.45, 2.75) is 66.0 Å². The maximum Gasteiger partial charge on any atom is 0.270 e. The first kappa shape index (κ1) is 23.3. The maximum atomic E-state index is 13.6. The van der Waals surface area contributed by atoms with Crippen molar-refractivity contribution in [3.63, 3.8) is 0 Å². The van der Waals surface area contributed by atoms with Gasteiger partial charge in [-0.05, 0) is 89.3 Å². The molecular weight excluding hydrogens is 442 g/mol. The number of aromatic amines is 1. The van der Waals surface area contributed by atoms with Crippen LogP contribution in [-0.2, 0) is 11.3 Å². The molecule has 1 atom stereocenters. The van der Waals surface area contributed by atoms with E-state index < -0.39 is 6.04 Å². The van der Waals surface area contributed by atoms with Gasteiger partial charge in [0.2, 0.25) is 5.91 Å². The van der Waals surface area contributed by atoms with Crippen molar-refractivity contribution >= 4 is 17.6 Å². The Balaban J connectivity index is 1.38. The highest BCUT2D eigenvalue weighted by Crippen LogP contribution is 2.51. The third-order valence-electron chi connectivity index (χ3n) is 7.27. The number of carbonyl (C=O) groups excluding carboxylic acids is 2. The molecule has 3 aromatic rings. The molecule has 2 amide bonds. The maximum absolute atomic E-state index is 13.6. The largest absolute Gasteiger partial charge is 0.339 e. The number of aryl methyl sites for hydroxylation is 4. The summed E-state index contributed by atoms with van der Waals surface area (Å²) < 4.78 is 1.65. The lowest BCUT2D eigenvalue weighted by molar-refractivity contribution is -0.119. The van der Waals surface area contributed by atoms with E-state index in [0.29, 0.717) is 29.9 Å². The summed E-state index contributed by atoms with van der Waals surface area (Å²) in [5.41, 5.74) is 5.19. The van der Waals surface area contributed by atoms with Crippen molar-refractivity contribution in [1.82, 2.24) is 30.3 Å². The van der Waals surface area contributed by atoms with Crippen LogP contribution in [0.25, 0.3) is 11.1 Å². The van der Waals surface area contributed by atoms with Gasteiger partial charge in [-0.15, -0.1) is 0 Å². The fourth-order valence-electron chi connectivity index (χ4n) is 5.27. The van der Waals surface area contributed by atoms with Gasteiger partial charge in [0, 0.05) is 35.3 Å². The van der Waals surface area contributed by atoms with E-state index in [2.05, 4.69) is 30.9 Å². The fourth-order valence-corrected chi connectivity index (χ4v) is 5.27. The molecule has 1 unspecified atom stereocenters. The molecule has 2 fully saturated rings. The van der Waals surface area contributed by atoms with E-state index in [9.17, 15) is 9.59 Å². The van der Waals surface area contributed by atoms with Crippen LogP contribution in [0.5, 0.6) is 0 Å². The highest BCUT2D eigenvalue weighted by Gasteiger charge is 2.48. The van der Waals surface area contributed by atoms with Crippen LogP contribution < -0.4 is 10.6 Å². The van der Waals surface area contributed by atoms with Crippen LogP contribution in [0.3, 0.4) is 0 Å². The van der Waals surface area contributed by atoms with Crippen LogP contribution >= 0.6 is 0 Å². The quantitative estimate of drug-likeness (QED) is 0.435. The first-order valence-electron chi connectivity index (χ1n) is 12.5. The minimum Gasteiger partial charge on any atom is -0.339 e. The van der Waals surface area contributed by atoms with E-state index >= 15 is 0 Å². The molecule has 5 rings (SSSR count). The summed E-state index contributed by atoms with van der Waals surface area (Å²) in [5.74, 6) is 1.13. The Bertz CT molecular complexity index is 1220. The summed E-state index contributed by atoms with van der Waals surface area (Å²) >= 11 is 0. The second-order valence-electron chi connectivity index (χ2n) is 9.86. The van der Waals surface area contributed by atoms with Gasteiger partial charge in [0.25, 0.3) is 5.91 Å². The summed E-state index contributed by atoms with van der Waals surface area (Å²) in [6, 6.07) is 4.87. The first-order valence-corrected chi connectivity index (χ1v) is 12.5. The number of nitrogens with zero attached hydrogens (tertiary/aromatic N) is 4. The molecular formula is C26H33N7O2. The second kappa shape index (κ2) is 9.28. The van der Waals surface area contributed by atoms with Crippen molar-refractivity contribution in [2.24, 2.45) is 17.8 Å². The molecule has 3 aromatic heterocycles. The Hall–Kier alpha value is -3.49. The van der Waals surface area contributed by atoms with E-state index in [1.54, 1.807) is 16.9 Å². The zero-order valence-corrected chi connectivity index (χ0v) is 20.8. The smallest absolute Gasteiger partial charge is 0.270 e. The molecule has 9 heteroatoms. The lowest BCUT2D eigenvalue weighted by Crippen LogP contribution is -2.50. The standard InChI is InChI=1S/C26H33N7O2/c1-5-33-20(12-13-27-33)25(34)30-24(23(17-6-7-17)18-8-9-18)26(35)29-21-11-10-19(14(2)28-21)22-15(3)31-32-16(22)4/h10-13,17-18,23-24H,5-9H2,1-4H3,(H,30,34)(H,31,32)(H,28,29,35). The Morgan fingerprint density at radius 3 is 2.37 bits per heavy atom. The summed E-state index contributed by atoms with van der Waals surface area (Å²) in [6.45, 7) is 8.40. The Morgan fingerprint density at radius 2 is 1.80 bits per heavy atom. The zero-order valence-electron chi connectivity index (χ0n) is 20.8. The minimum atomic E-state index is -0.608. The molecule has 0 aliphatic heterocycles. The Kier molecular flexibility index (Phi) is 6.17. The average molecular weight is 476 g/mol. The number of pyridine rings is 1. The number of hydrogen-bond acceptors (Lipinski definition) is 5. The summed E-state index contributed by atoms with van der Waals surface area (Å²) in [7, 11) is 0. The van der Waals surface area contributed by atoms with Gasteiger partial charge in [0.1, 0.15) is 17.6 Å². The topological polar surface area (TPSA) is 118 Å². The molecule has 0 saturated heterocycles. The number of nitrogens with one attached hydrogen (secondary N) is 3. The van der Waals surface area contributed by atoms with E-state index in [-0.39, 0.29) is 17.7 Å². The van der Waals surface area contributed by atoms with Crippen LogP contribution in [0.15, 0.2) is 24.4 Å². The first-order chi connectivity index (χ1) is 16.9. The molecule has 184 valence electrons. The van der Waals surface area contributed by atoms with E-state index in [0.717, 1.165) is 53.9 Å². The highest BCUT2D eigenvalue weighted by molar-refractivity contribution is 6.00. The monoisotopic (exact) mass is 475 g/mol. The van der Waals surface area contributed by atoms with Gasteiger partial charge in [-0.1, -0.05) is 0 Å². The second-order valence-corrected chi connectivity index (χ2v) is 9.86. The van der Waals surface area contributed by atoms with Gasteiger partial charge >= 0.3 is 0 Å². The van der Waals surface area contributed by atoms with E-state index in [1.807, 2.05) is 39.8 Å². The van der Waals surface area contributed by atoms with Gasteiger partial charge in [-0.3, -0.25) is 19.4 Å². The van der Waals surface area contributed by atoms with Gasteiger partial charge in [0.05, 0.1) is 5.69 Å². The lowest BCUT2D eigenvalue weighted by Gasteiger charge is -2.27. The van der Waals surface area contributed by atoms with Crippen LogP contribution in [0.1, 0.15) is 60.2 Å². The normalized spacial score (nSPS) is 16.4. The van der Waals surface area contributed by atoms with Crippen LogP contribution in [0.2, 0.25) is 0 Å². The fraction of sp³-hybridized carbons (Fsp3) is 0.500. The zero-order chi connectivity index (χ0) is 24.7. The van der Waals surface area contributed by atoms with Crippen molar-refractivity contribution in [2.75, 3.05) is 5.32 Å². The van der Waals surface area contributed by atoms with Crippen molar-refractivity contribution in [1.29, 1.82) is 0 Å². The van der Waals surface area contributed by atoms with Crippen LogP contribution in [0, 0.1) is 38.5 Å². The molecule has 3 N–H and O–H groups in total. The number of rotatable bonds is 9. The van der Waals surface area contributed by atoms with Crippen LogP contribution in [-0.4, -0.2) is 42.8 Å².